The fraction of sp³-hybridized carbons (Fsp3) is 0.588. The van der Waals surface area contributed by atoms with Crippen molar-refractivity contribution >= 4 is 5.91 Å². The zero-order valence-electron chi connectivity index (χ0n) is 13.2. The standard InChI is InChI=1S/C17H25FN2O2/c1-22-13-11-19-10-8-16-6-7-17(21)20(16)12-9-14-2-4-15(18)5-3-14/h2-5,16,19H,6-13H2,1H3. The van der Waals surface area contributed by atoms with E-state index in [0.717, 1.165) is 37.9 Å². The highest BCUT2D eigenvalue weighted by molar-refractivity contribution is 5.78. The number of methoxy groups -OCH3 is 1. The fourth-order valence-corrected chi connectivity index (χ4v) is 2.87. The van der Waals surface area contributed by atoms with Gasteiger partial charge in [-0.05, 0) is 43.5 Å². The van der Waals surface area contributed by atoms with E-state index in [9.17, 15) is 9.18 Å². The first kappa shape index (κ1) is 16.9. The molecule has 1 aromatic carbocycles. The predicted octanol–water partition coefficient (Wildman–Crippen LogP) is 1.99. The Morgan fingerprint density at radius 3 is 2.82 bits per heavy atom. The highest BCUT2D eigenvalue weighted by Crippen LogP contribution is 2.21. The molecule has 122 valence electrons. The van der Waals surface area contributed by atoms with Crippen LogP contribution in [0, 0.1) is 5.82 Å². The Balaban J connectivity index is 1.76. The lowest BCUT2D eigenvalue weighted by molar-refractivity contribution is -0.129. The average molecular weight is 308 g/mol. The molecule has 1 heterocycles. The molecule has 5 heteroatoms. The molecule has 0 aromatic heterocycles. The molecule has 1 saturated heterocycles. The van der Waals surface area contributed by atoms with Crippen LogP contribution >= 0.6 is 0 Å². The number of carbonyl (C=O) groups excluding carboxylic acids is 1. The number of rotatable bonds is 9. The number of nitrogens with zero attached hydrogens (tertiary/aromatic N) is 1. The maximum atomic E-state index is 12.9. The fourth-order valence-electron chi connectivity index (χ4n) is 2.87. The number of amides is 1. The quantitative estimate of drug-likeness (QED) is 0.709. The number of halogens is 1. The summed E-state index contributed by atoms with van der Waals surface area (Å²) in [6, 6.07) is 6.84. The van der Waals surface area contributed by atoms with E-state index in [1.54, 1.807) is 19.2 Å². The van der Waals surface area contributed by atoms with Gasteiger partial charge in [-0.25, -0.2) is 4.39 Å². The van der Waals surface area contributed by atoms with Crippen LogP contribution in [0.5, 0.6) is 0 Å². The predicted molar refractivity (Wildman–Crippen MR) is 84.2 cm³/mol. The Kier molecular flexibility index (Phi) is 6.80. The van der Waals surface area contributed by atoms with Gasteiger partial charge in [0, 0.05) is 32.7 Å². The van der Waals surface area contributed by atoms with Crippen molar-refractivity contribution in [1.82, 2.24) is 10.2 Å². The third-order valence-electron chi connectivity index (χ3n) is 4.14. The van der Waals surface area contributed by atoms with Crippen molar-refractivity contribution in [2.45, 2.75) is 31.7 Å². The molecule has 2 rings (SSSR count). The number of benzene rings is 1. The zero-order valence-corrected chi connectivity index (χ0v) is 13.2. The minimum atomic E-state index is -0.221. The number of hydrogen-bond donors (Lipinski definition) is 1. The second kappa shape index (κ2) is 8.86. The normalized spacial score (nSPS) is 18.2. The summed E-state index contributed by atoms with van der Waals surface area (Å²) in [4.78, 5) is 14.0. The van der Waals surface area contributed by atoms with E-state index in [1.807, 2.05) is 4.90 Å². The van der Waals surface area contributed by atoms with Crippen molar-refractivity contribution in [3.05, 3.63) is 35.6 Å². The first-order valence-electron chi connectivity index (χ1n) is 7.94. The second-order valence-electron chi connectivity index (χ2n) is 5.69. The largest absolute Gasteiger partial charge is 0.383 e. The molecule has 0 aliphatic carbocycles. The van der Waals surface area contributed by atoms with E-state index in [4.69, 9.17) is 4.74 Å². The van der Waals surface area contributed by atoms with Gasteiger partial charge in [-0.3, -0.25) is 4.79 Å². The van der Waals surface area contributed by atoms with Crippen molar-refractivity contribution in [2.24, 2.45) is 0 Å². The van der Waals surface area contributed by atoms with Crippen LogP contribution in [0.3, 0.4) is 0 Å². The molecule has 1 amide bonds. The van der Waals surface area contributed by atoms with Crippen molar-refractivity contribution < 1.29 is 13.9 Å². The monoisotopic (exact) mass is 308 g/mol. The van der Waals surface area contributed by atoms with Gasteiger partial charge in [-0.2, -0.15) is 0 Å². The number of nitrogens with one attached hydrogen (secondary N) is 1. The summed E-state index contributed by atoms with van der Waals surface area (Å²) in [6.45, 7) is 3.16. The first-order chi connectivity index (χ1) is 10.7. The minimum absolute atomic E-state index is 0.221. The number of carbonyl (C=O) groups is 1. The van der Waals surface area contributed by atoms with Crippen LogP contribution in [-0.2, 0) is 16.0 Å². The third kappa shape index (κ3) is 5.07. The molecule has 1 aliphatic rings. The van der Waals surface area contributed by atoms with Crippen LogP contribution in [0.2, 0.25) is 0 Å². The molecule has 22 heavy (non-hydrogen) atoms. The van der Waals surface area contributed by atoms with E-state index in [1.165, 1.54) is 12.1 Å². The SMILES string of the molecule is COCCNCCC1CCC(=O)N1CCc1ccc(F)cc1. The number of ether oxygens (including phenoxy) is 1. The van der Waals surface area contributed by atoms with Gasteiger partial charge in [0.25, 0.3) is 0 Å². The maximum absolute atomic E-state index is 12.9. The number of hydrogen-bond acceptors (Lipinski definition) is 3. The maximum Gasteiger partial charge on any atom is 0.222 e. The second-order valence-corrected chi connectivity index (χ2v) is 5.69. The Labute approximate surface area is 131 Å². The summed E-state index contributed by atoms with van der Waals surface area (Å²) in [6.07, 6.45) is 3.33. The molecule has 1 aromatic rings. The third-order valence-corrected chi connectivity index (χ3v) is 4.14. The summed E-state index contributed by atoms with van der Waals surface area (Å²) in [5.41, 5.74) is 1.07. The van der Waals surface area contributed by atoms with Crippen molar-refractivity contribution in [2.75, 3.05) is 33.4 Å². The van der Waals surface area contributed by atoms with Gasteiger partial charge in [0.05, 0.1) is 6.61 Å². The number of likely N-dealkylation sites (tertiary alicyclic amines) is 1. The Bertz CT molecular complexity index is 464. The van der Waals surface area contributed by atoms with E-state index in [2.05, 4.69) is 5.32 Å². The molecule has 4 nitrogen and oxygen atoms in total. The smallest absolute Gasteiger partial charge is 0.222 e. The highest BCUT2D eigenvalue weighted by Gasteiger charge is 2.29. The summed E-state index contributed by atoms with van der Waals surface area (Å²) in [7, 11) is 1.69. The van der Waals surface area contributed by atoms with Crippen LogP contribution in [0.1, 0.15) is 24.8 Å². The molecule has 1 unspecified atom stereocenters. The summed E-state index contributed by atoms with van der Waals surface area (Å²) >= 11 is 0. The van der Waals surface area contributed by atoms with Gasteiger partial charge < -0.3 is 15.0 Å². The average Bonchev–Trinajstić information content (AvgIpc) is 2.87. The van der Waals surface area contributed by atoms with Gasteiger partial charge in [-0.15, -0.1) is 0 Å². The van der Waals surface area contributed by atoms with Crippen LogP contribution in [-0.4, -0.2) is 50.2 Å². The van der Waals surface area contributed by atoms with Gasteiger partial charge in [0.15, 0.2) is 0 Å². The lowest BCUT2D eigenvalue weighted by Crippen LogP contribution is -2.37. The van der Waals surface area contributed by atoms with Crippen LogP contribution in [0.25, 0.3) is 0 Å². The van der Waals surface area contributed by atoms with Crippen molar-refractivity contribution in [3.63, 3.8) is 0 Å². The minimum Gasteiger partial charge on any atom is -0.383 e. The lowest BCUT2D eigenvalue weighted by atomic mass is 10.1. The lowest BCUT2D eigenvalue weighted by Gasteiger charge is -2.25. The van der Waals surface area contributed by atoms with E-state index in [-0.39, 0.29) is 11.7 Å². The molecule has 1 fully saturated rings. The molecule has 1 aliphatic heterocycles. The van der Waals surface area contributed by atoms with Crippen LogP contribution in [0.4, 0.5) is 4.39 Å². The molecule has 0 spiro atoms. The molecule has 0 saturated carbocycles. The van der Waals surface area contributed by atoms with Crippen molar-refractivity contribution in [3.8, 4) is 0 Å². The zero-order chi connectivity index (χ0) is 15.8. The van der Waals surface area contributed by atoms with Gasteiger partial charge in [0.1, 0.15) is 5.82 Å². The molecule has 0 bridgehead atoms. The molecule has 1 N–H and O–H groups in total. The Hall–Kier alpha value is -1.46. The van der Waals surface area contributed by atoms with E-state index in [0.29, 0.717) is 25.6 Å². The summed E-state index contributed by atoms with van der Waals surface area (Å²) in [5.74, 6) is 0.0185. The highest BCUT2D eigenvalue weighted by atomic mass is 19.1. The van der Waals surface area contributed by atoms with Gasteiger partial charge in [-0.1, -0.05) is 12.1 Å². The molecular weight excluding hydrogens is 283 g/mol. The van der Waals surface area contributed by atoms with Crippen LogP contribution in [0.15, 0.2) is 24.3 Å². The molecular formula is C17H25FN2O2. The Morgan fingerprint density at radius 1 is 1.32 bits per heavy atom. The molecule has 1 atom stereocenters. The van der Waals surface area contributed by atoms with Crippen molar-refractivity contribution in [1.29, 1.82) is 0 Å². The Morgan fingerprint density at radius 2 is 2.09 bits per heavy atom. The van der Waals surface area contributed by atoms with E-state index < -0.39 is 0 Å². The summed E-state index contributed by atoms with van der Waals surface area (Å²) < 4.78 is 17.9. The topological polar surface area (TPSA) is 41.6 Å². The molecule has 0 radical (unpaired) electrons. The van der Waals surface area contributed by atoms with Gasteiger partial charge >= 0.3 is 0 Å². The van der Waals surface area contributed by atoms with Gasteiger partial charge in [0.2, 0.25) is 5.91 Å². The summed E-state index contributed by atoms with van der Waals surface area (Å²) in [5, 5.41) is 3.32. The van der Waals surface area contributed by atoms with E-state index >= 15 is 0 Å². The first-order valence-corrected chi connectivity index (χ1v) is 7.94. The van der Waals surface area contributed by atoms with Crippen LogP contribution < -0.4 is 5.32 Å².